The van der Waals surface area contributed by atoms with E-state index < -0.39 is 17.8 Å². The summed E-state index contributed by atoms with van der Waals surface area (Å²) in [6.45, 7) is 0. The maximum Gasteiger partial charge on any atom is 0.266 e. The Balaban J connectivity index is 2.40. The van der Waals surface area contributed by atoms with Crippen molar-refractivity contribution in [1.29, 1.82) is 0 Å². The van der Waals surface area contributed by atoms with Gasteiger partial charge in [0.1, 0.15) is 6.29 Å². The molecule has 15 heavy (non-hydrogen) atoms. The van der Waals surface area contributed by atoms with E-state index >= 15 is 0 Å². The Labute approximate surface area is 93.4 Å². The SMILES string of the molecule is O=CC1C(c2cc(Cl)nnc2Cl)C1(F)F. The van der Waals surface area contributed by atoms with Gasteiger partial charge in [-0.05, 0) is 6.07 Å². The van der Waals surface area contributed by atoms with Crippen molar-refractivity contribution < 1.29 is 13.6 Å². The smallest absolute Gasteiger partial charge is 0.266 e. The highest BCUT2D eigenvalue weighted by atomic mass is 35.5. The number of aromatic nitrogens is 2. The summed E-state index contributed by atoms with van der Waals surface area (Å²) in [5, 5.41) is 6.64. The number of rotatable bonds is 2. The molecule has 1 saturated carbocycles. The zero-order valence-corrected chi connectivity index (χ0v) is 8.64. The predicted molar refractivity (Wildman–Crippen MR) is 49.3 cm³/mol. The molecule has 2 rings (SSSR count). The minimum absolute atomic E-state index is 0.0262. The molecule has 0 aliphatic heterocycles. The molecular formula is C8H4Cl2F2N2O. The van der Waals surface area contributed by atoms with Crippen LogP contribution < -0.4 is 0 Å². The molecule has 80 valence electrons. The molecule has 0 amide bonds. The van der Waals surface area contributed by atoms with Crippen LogP contribution in [0.2, 0.25) is 10.3 Å². The number of halogens is 4. The van der Waals surface area contributed by atoms with Gasteiger partial charge >= 0.3 is 0 Å². The van der Waals surface area contributed by atoms with Gasteiger partial charge in [-0.2, -0.15) is 0 Å². The van der Waals surface area contributed by atoms with E-state index in [1.807, 2.05) is 0 Å². The summed E-state index contributed by atoms with van der Waals surface area (Å²) >= 11 is 11.1. The van der Waals surface area contributed by atoms with Crippen molar-refractivity contribution in [2.24, 2.45) is 5.92 Å². The van der Waals surface area contributed by atoms with Crippen molar-refractivity contribution in [3.05, 3.63) is 21.9 Å². The topological polar surface area (TPSA) is 42.9 Å². The summed E-state index contributed by atoms with van der Waals surface area (Å²) in [5.74, 6) is -5.62. The second kappa shape index (κ2) is 3.35. The number of carbonyl (C=O) groups excluding carboxylic acids is 1. The minimum atomic E-state index is -3.06. The van der Waals surface area contributed by atoms with Gasteiger partial charge in [0, 0.05) is 5.56 Å². The van der Waals surface area contributed by atoms with Crippen LogP contribution in [0.1, 0.15) is 11.5 Å². The fourth-order valence-corrected chi connectivity index (χ4v) is 1.87. The summed E-state index contributed by atoms with van der Waals surface area (Å²) < 4.78 is 26.2. The quantitative estimate of drug-likeness (QED) is 0.759. The lowest BCUT2D eigenvalue weighted by Gasteiger charge is -2.00. The van der Waals surface area contributed by atoms with Crippen LogP contribution >= 0.6 is 23.2 Å². The third-order valence-electron chi connectivity index (χ3n) is 2.34. The zero-order valence-electron chi connectivity index (χ0n) is 7.12. The number of carbonyl (C=O) groups is 1. The lowest BCUT2D eigenvalue weighted by atomic mass is 10.2. The Kier molecular flexibility index (Phi) is 2.39. The lowest BCUT2D eigenvalue weighted by Crippen LogP contribution is -1.97. The van der Waals surface area contributed by atoms with Crippen LogP contribution in [0.25, 0.3) is 0 Å². The second-order valence-electron chi connectivity index (χ2n) is 3.23. The molecule has 0 spiro atoms. The van der Waals surface area contributed by atoms with E-state index in [1.54, 1.807) is 0 Å². The Bertz CT molecular complexity index is 427. The molecule has 0 N–H and O–H groups in total. The predicted octanol–water partition coefficient (Wildman–Crippen LogP) is 2.33. The summed E-state index contributed by atoms with van der Waals surface area (Å²) in [5.41, 5.74) is 0.0683. The van der Waals surface area contributed by atoms with E-state index in [-0.39, 0.29) is 22.2 Å². The normalized spacial score (nSPS) is 27.5. The van der Waals surface area contributed by atoms with Gasteiger partial charge in [-0.15, -0.1) is 10.2 Å². The third-order valence-corrected chi connectivity index (χ3v) is 2.82. The number of hydrogen-bond donors (Lipinski definition) is 0. The molecule has 1 aromatic rings. The zero-order chi connectivity index (χ0) is 11.2. The van der Waals surface area contributed by atoms with Crippen LogP contribution in [0.3, 0.4) is 0 Å². The molecule has 0 bridgehead atoms. The van der Waals surface area contributed by atoms with E-state index in [0.717, 1.165) is 0 Å². The first kappa shape index (κ1) is 10.7. The van der Waals surface area contributed by atoms with Crippen molar-refractivity contribution in [3.63, 3.8) is 0 Å². The monoisotopic (exact) mass is 252 g/mol. The van der Waals surface area contributed by atoms with Gasteiger partial charge in [0.15, 0.2) is 10.3 Å². The number of alkyl halides is 2. The maximum absolute atomic E-state index is 13.1. The average molecular weight is 253 g/mol. The van der Waals surface area contributed by atoms with Gasteiger partial charge < -0.3 is 4.79 Å². The highest BCUT2D eigenvalue weighted by Crippen LogP contribution is 2.61. The summed E-state index contributed by atoms with van der Waals surface area (Å²) in [6.07, 6.45) is 0.218. The number of nitrogens with zero attached hydrogens (tertiary/aromatic N) is 2. The maximum atomic E-state index is 13.1. The molecule has 7 heteroatoms. The Hall–Kier alpha value is -0.810. The van der Waals surface area contributed by atoms with Crippen molar-refractivity contribution in [2.45, 2.75) is 11.8 Å². The van der Waals surface area contributed by atoms with Gasteiger partial charge in [0.05, 0.1) is 11.8 Å². The van der Waals surface area contributed by atoms with Gasteiger partial charge in [-0.25, -0.2) is 8.78 Å². The highest BCUT2D eigenvalue weighted by Gasteiger charge is 2.69. The van der Waals surface area contributed by atoms with Crippen LogP contribution in [0.4, 0.5) is 8.78 Å². The molecule has 1 fully saturated rings. The molecule has 2 atom stereocenters. The van der Waals surface area contributed by atoms with E-state index in [9.17, 15) is 13.6 Å². The van der Waals surface area contributed by atoms with Crippen molar-refractivity contribution >= 4 is 29.5 Å². The van der Waals surface area contributed by atoms with Gasteiger partial charge in [-0.1, -0.05) is 23.2 Å². The largest absolute Gasteiger partial charge is 0.303 e. The molecule has 1 aliphatic carbocycles. The van der Waals surface area contributed by atoms with Crippen LogP contribution in [0.5, 0.6) is 0 Å². The first-order valence-electron chi connectivity index (χ1n) is 4.00. The average Bonchev–Trinajstić information content (AvgIpc) is 2.72. The van der Waals surface area contributed by atoms with Crippen LogP contribution in [-0.2, 0) is 4.79 Å². The molecular weight excluding hydrogens is 249 g/mol. The molecule has 1 heterocycles. The van der Waals surface area contributed by atoms with E-state index in [2.05, 4.69) is 10.2 Å². The highest BCUT2D eigenvalue weighted by molar-refractivity contribution is 6.31. The van der Waals surface area contributed by atoms with E-state index in [4.69, 9.17) is 23.2 Å². The molecule has 3 nitrogen and oxygen atoms in total. The summed E-state index contributed by atoms with van der Waals surface area (Å²) in [7, 11) is 0. The Morgan fingerprint density at radius 2 is 2.07 bits per heavy atom. The van der Waals surface area contributed by atoms with Crippen molar-refractivity contribution in [2.75, 3.05) is 0 Å². The fraction of sp³-hybridized carbons (Fsp3) is 0.375. The molecule has 0 aromatic carbocycles. The number of hydrogen-bond acceptors (Lipinski definition) is 3. The summed E-state index contributed by atoms with van der Waals surface area (Å²) in [4.78, 5) is 10.4. The molecule has 2 unspecified atom stereocenters. The van der Waals surface area contributed by atoms with Gasteiger partial charge in [0.2, 0.25) is 0 Å². The standard InChI is InChI=1S/C8H4Cl2F2N2O/c9-5-1-3(7(10)14-13-5)6-4(2-15)8(6,11)12/h1-2,4,6H. The molecule has 0 saturated heterocycles. The van der Waals surface area contributed by atoms with Crippen LogP contribution in [0.15, 0.2) is 6.07 Å². The first-order valence-corrected chi connectivity index (χ1v) is 4.75. The van der Waals surface area contributed by atoms with Crippen molar-refractivity contribution in [3.8, 4) is 0 Å². The van der Waals surface area contributed by atoms with Gasteiger partial charge in [-0.3, -0.25) is 0 Å². The second-order valence-corrected chi connectivity index (χ2v) is 3.97. The molecule has 1 aliphatic rings. The Morgan fingerprint density at radius 1 is 1.40 bits per heavy atom. The minimum Gasteiger partial charge on any atom is -0.303 e. The van der Waals surface area contributed by atoms with E-state index in [0.29, 0.717) is 0 Å². The van der Waals surface area contributed by atoms with Crippen LogP contribution in [0, 0.1) is 5.92 Å². The number of aldehydes is 1. The molecule has 1 aromatic heterocycles. The van der Waals surface area contributed by atoms with Gasteiger partial charge in [0.25, 0.3) is 5.92 Å². The van der Waals surface area contributed by atoms with Crippen LogP contribution in [-0.4, -0.2) is 22.4 Å². The fourth-order valence-electron chi connectivity index (χ4n) is 1.50. The Morgan fingerprint density at radius 3 is 2.60 bits per heavy atom. The lowest BCUT2D eigenvalue weighted by molar-refractivity contribution is -0.110. The van der Waals surface area contributed by atoms with E-state index in [1.165, 1.54) is 6.07 Å². The molecule has 0 radical (unpaired) electrons. The third kappa shape index (κ3) is 1.59. The first-order chi connectivity index (χ1) is 6.98. The summed E-state index contributed by atoms with van der Waals surface area (Å²) in [6, 6.07) is 1.21. The van der Waals surface area contributed by atoms with Crippen molar-refractivity contribution in [1.82, 2.24) is 10.2 Å².